The van der Waals surface area contributed by atoms with Gasteiger partial charge in [0.25, 0.3) is 0 Å². The molecule has 0 amide bonds. The van der Waals surface area contributed by atoms with Crippen molar-refractivity contribution in [3.05, 3.63) is 41.3 Å². The third-order valence-electron chi connectivity index (χ3n) is 4.52. The van der Waals surface area contributed by atoms with Crippen molar-refractivity contribution in [2.24, 2.45) is 0 Å². The van der Waals surface area contributed by atoms with E-state index in [0.29, 0.717) is 12.3 Å². The predicted octanol–water partition coefficient (Wildman–Crippen LogP) is 3.81. The van der Waals surface area contributed by atoms with Gasteiger partial charge in [0.1, 0.15) is 23.0 Å². The molecule has 1 saturated heterocycles. The lowest BCUT2D eigenvalue weighted by Gasteiger charge is -2.28. The van der Waals surface area contributed by atoms with E-state index in [0.717, 1.165) is 30.0 Å². The Morgan fingerprint density at radius 3 is 2.87 bits per heavy atom. The first-order valence-electron chi connectivity index (χ1n) is 8.20. The Hall–Kier alpha value is -2.01. The van der Waals surface area contributed by atoms with Crippen LogP contribution in [0.15, 0.2) is 28.8 Å². The first-order valence-corrected chi connectivity index (χ1v) is 8.20. The molecule has 5 heteroatoms. The summed E-state index contributed by atoms with van der Waals surface area (Å²) >= 11 is 0. The van der Waals surface area contributed by atoms with E-state index in [-0.39, 0.29) is 11.8 Å². The number of methoxy groups -OCH3 is 1. The van der Waals surface area contributed by atoms with E-state index in [9.17, 15) is 5.11 Å². The van der Waals surface area contributed by atoms with Crippen molar-refractivity contribution in [2.45, 2.75) is 45.2 Å². The summed E-state index contributed by atoms with van der Waals surface area (Å²) in [7, 11) is 1.60. The molecule has 23 heavy (non-hydrogen) atoms. The quantitative estimate of drug-likeness (QED) is 0.929. The van der Waals surface area contributed by atoms with Gasteiger partial charge in [0.05, 0.1) is 13.2 Å². The zero-order valence-corrected chi connectivity index (χ0v) is 13.8. The maximum absolute atomic E-state index is 10.2. The summed E-state index contributed by atoms with van der Waals surface area (Å²) in [6, 6.07) is 7.77. The first-order chi connectivity index (χ1) is 11.2. The van der Waals surface area contributed by atoms with E-state index in [1.807, 2.05) is 25.1 Å². The highest BCUT2D eigenvalue weighted by molar-refractivity contribution is 5.39. The summed E-state index contributed by atoms with van der Waals surface area (Å²) < 4.78 is 10.4. The summed E-state index contributed by atoms with van der Waals surface area (Å²) in [5.41, 5.74) is 1.91. The van der Waals surface area contributed by atoms with Crippen LogP contribution in [0.5, 0.6) is 11.5 Å². The second-order valence-electron chi connectivity index (χ2n) is 6.19. The molecule has 1 aromatic carbocycles. The number of hydrogen-bond acceptors (Lipinski definition) is 5. The van der Waals surface area contributed by atoms with E-state index in [1.54, 1.807) is 13.2 Å². The molecule has 1 unspecified atom stereocenters. The van der Waals surface area contributed by atoms with Gasteiger partial charge in [-0.15, -0.1) is 0 Å². The summed E-state index contributed by atoms with van der Waals surface area (Å²) in [6.07, 6.45) is 4.67. The number of rotatable bonds is 4. The lowest BCUT2D eigenvalue weighted by molar-refractivity contribution is 0.182. The summed E-state index contributed by atoms with van der Waals surface area (Å²) in [5.74, 6) is 1.80. The minimum Gasteiger partial charge on any atom is -0.507 e. The van der Waals surface area contributed by atoms with Crippen molar-refractivity contribution in [1.82, 2.24) is 10.1 Å². The summed E-state index contributed by atoms with van der Waals surface area (Å²) in [4.78, 5) is 2.39. The normalized spacial score (nSPS) is 19.5. The van der Waals surface area contributed by atoms with Gasteiger partial charge in [0, 0.05) is 24.2 Å². The van der Waals surface area contributed by atoms with Gasteiger partial charge in [-0.05, 0) is 32.4 Å². The topological polar surface area (TPSA) is 58.7 Å². The van der Waals surface area contributed by atoms with Crippen molar-refractivity contribution >= 4 is 0 Å². The number of likely N-dealkylation sites (tertiary alicyclic amines) is 1. The van der Waals surface area contributed by atoms with Crippen LogP contribution in [0.25, 0.3) is 0 Å². The van der Waals surface area contributed by atoms with E-state index < -0.39 is 0 Å². The van der Waals surface area contributed by atoms with Gasteiger partial charge >= 0.3 is 0 Å². The molecule has 2 heterocycles. The number of aromatic nitrogens is 1. The van der Waals surface area contributed by atoms with Crippen LogP contribution in [-0.4, -0.2) is 28.8 Å². The second kappa shape index (κ2) is 7.04. The molecule has 1 fully saturated rings. The molecule has 0 bridgehead atoms. The molecule has 1 aliphatic heterocycles. The molecule has 0 aliphatic carbocycles. The molecule has 1 aliphatic rings. The van der Waals surface area contributed by atoms with Crippen molar-refractivity contribution in [2.75, 3.05) is 13.7 Å². The first kappa shape index (κ1) is 15.9. The Morgan fingerprint density at radius 2 is 2.17 bits per heavy atom. The molecule has 124 valence electrons. The zero-order valence-electron chi connectivity index (χ0n) is 13.8. The minimum atomic E-state index is 0.247. The predicted molar refractivity (Wildman–Crippen MR) is 87.5 cm³/mol. The Bertz CT molecular complexity index is 653. The van der Waals surface area contributed by atoms with Gasteiger partial charge in [0.2, 0.25) is 0 Å². The lowest BCUT2D eigenvalue weighted by atomic mass is 10.1. The maximum Gasteiger partial charge on any atom is 0.133 e. The number of aromatic hydroxyl groups is 1. The summed E-state index contributed by atoms with van der Waals surface area (Å²) in [5, 5.41) is 14.5. The van der Waals surface area contributed by atoms with Crippen molar-refractivity contribution in [3.63, 3.8) is 0 Å². The molecular weight excluding hydrogens is 292 g/mol. The van der Waals surface area contributed by atoms with E-state index in [2.05, 4.69) is 10.1 Å². The number of phenolic OH excluding ortho intramolecular Hbond substituents is 1. The molecule has 2 aromatic rings. The highest BCUT2D eigenvalue weighted by Gasteiger charge is 2.26. The third kappa shape index (κ3) is 3.67. The van der Waals surface area contributed by atoms with E-state index in [4.69, 9.17) is 9.26 Å². The average Bonchev–Trinajstić information content (AvgIpc) is 2.84. The van der Waals surface area contributed by atoms with Crippen molar-refractivity contribution in [3.8, 4) is 11.5 Å². The molecule has 1 atom stereocenters. The van der Waals surface area contributed by atoms with Crippen LogP contribution >= 0.6 is 0 Å². The van der Waals surface area contributed by atoms with Gasteiger partial charge in [-0.3, -0.25) is 4.90 Å². The number of hydrogen-bond donors (Lipinski definition) is 1. The van der Waals surface area contributed by atoms with Gasteiger partial charge in [-0.2, -0.15) is 0 Å². The lowest BCUT2D eigenvalue weighted by Crippen LogP contribution is -2.28. The molecule has 0 radical (unpaired) electrons. The molecule has 5 nitrogen and oxygen atoms in total. The SMILES string of the molecule is COc1ccc(CN2CCCCCC2c2cc(C)on2)c(O)c1. The van der Waals surface area contributed by atoms with Gasteiger partial charge in [0.15, 0.2) is 0 Å². The fraction of sp³-hybridized carbons (Fsp3) is 0.500. The van der Waals surface area contributed by atoms with Crippen LogP contribution in [0.2, 0.25) is 0 Å². The Labute approximate surface area is 136 Å². The fourth-order valence-corrected chi connectivity index (χ4v) is 3.26. The van der Waals surface area contributed by atoms with Crippen LogP contribution in [-0.2, 0) is 6.54 Å². The molecule has 0 saturated carbocycles. The van der Waals surface area contributed by atoms with E-state index in [1.165, 1.54) is 19.3 Å². The van der Waals surface area contributed by atoms with Crippen LogP contribution in [0.1, 0.15) is 48.7 Å². The average molecular weight is 316 g/mol. The molecule has 1 aromatic heterocycles. The van der Waals surface area contributed by atoms with Crippen LogP contribution in [0.3, 0.4) is 0 Å². The third-order valence-corrected chi connectivity index (χ3v) is 4.52. The molecule has 0 spiro atoms. The van der Waals surface area contributed by atoms with Crippen LogP contribution in [0, 0.1) is 6.92 Å². The van der Waals surface area contributed by atoms with Crippen LogP contribution in [0.4, 0.5) is 0 Å². The standard InChI is InChI=1S/C18H24N2O3/c1-13-10-16(19-23-13)17-6-4-3-5-9-20(17)12-14-7-8-15(22-2)11-18(14)21/h7-8,10-11,17,21H,3-6,9,12H2,1-2H3. The molecule has 3 rings (SSSR count). The highest BCUT2D eigenvalue weighted by atomic mass is 16.5. The van der Waals surface area contributed by atoms with Gasteiger partial charge < -0.3 is 14.4 Å². The van der Waals surface area contributed by atoms with Crippen molar-refractivity contribution in [1.29, 1.82) is 0 Å². The number of phenols is 1. The Morgan fingerprint density at radius 1 is 1.30 bits per heavy atom. The largest absolute Gasteiger partial charge is 0.507 e. The second-order valence-corrected chi connectivity index (χ2v) is 6.19. The number of aryl methyl sites for hydroxylation is 1. The van der Waals surface area contributed by atoms with Gasteiger partial charge in [-0.25, -0.2) is 0 Å². The van der Waals surface area contributed by atoms with E-state index >= 15 is 0 Å². The van der Waals surface area contributed by atoms with Gasteiger partial charge in [-0.1, -0.05) is 24.1 Å². The zero-order chi connectivity index (χ0) is 16.2. The highest BCUT2D eigenvalue weighted by Crippen LogP contribution is 2.33. The maximum atomic E-state index is 10.2. The number of ether oxygens (including phenoxy) is 1. The van der Waals surface area contributed by atoms with Crippen molar-refractivity contribution < 1.29 is 14.4 Å². The molecule has 1 N–H and O–H groups in total. The Kier molecular flexibility index (Phi) is 4.86. The minimum absolute atomic E-state index is 0.247. The summed E-state index contributed by atoms with van der Waals surface area (Å²) in [6.45, 7) is 3.63. The smallest absolute Gasteiger partial charge is 0.133 e. The molecular formula is C18H24N2O3. The Balaban J connectivity index is 1.82. The number of benzene rings is 1. The fourth-order valence-electron chi connectivity index (χ4n) is 3.26. The monoisotopic (exact) mass is 316 g/mol. The van der Waals surface area contributed by atoms with Crippen LogP contribution < -0.4 is 4.74 Å². The number of nitrogens with zero attached hydrogens (tertiary/aromatic N) is 2.